The number of alkyl halides is 3. The van der Waals surface area contributed by atoms with Crippen LogP contribution in [0.25, 0.3) is 0 Å². The van der Waals surface area contributed by atoms with Gasteiger partial charge in [0, 0.05) is 36.8 Å². The lowest BCUT2D eigenvalue weighted by molar-refractivity contribution is -0.258. The predicted molar refractivity (Wildman–Crippen MR) is 147 cm³/mol. The van der Waals surface area contributed by atoms with E-state index in [1.165, 1.54) is 28.6 Å². The van der Waals surface area contributed by atoms with E-state index in [1.807, 2.05) is 0 Å². The third-order valence-corrected chi connectivity index (χ3v) is 10.8. The number of nitrogens with one attached hydrogen (secondary N) is 1. The molecule has 1 fully saturated rings. The molecule has 0 radical (unpaired) electrons. The molecule has 1 unspecified atom stereocenters. The molecule has 3 aromatic rings. The number of aliphatic hydroxyl groups is 1. The van der Waals surface area contributed by atoms with Gasteiger partial charge in [-0.25, -0.2) is 25.9 Å². The first-order chi connectivity index (χ1) is 19.0. The van der Waals surface area contributed by atoms with E-state index in [9.17, 15) is 39.5 Å². The summed E-state index contributed by atoms with van der Waals surface area (Å²) in [4.78, 5) is 1.68. The normalized spacial score (nSPS) is 18.7. The topological polar surface area (TPSA) is 107 Å². The van der Waals surface area contributed by atoms with Gasteiger partial charge in [0.05, 0.1) is 15.8 Å². The Kier molecular flexibility index (Phi) is 8.79. The van der Waals surface area contributed by atoms with Crippen molar-refractivity contribution in [3.63, 3.8) is 0 Å². The molecule has 41 heavy (non-hydrogen) atoms. The van der Waals surface area contributed by atoms with E-state index in [0.717, 1.165) is 36.4 Å². The molecular weight excluding hydrogens is 606 g/mol. The molecule has 1 aliphatic rings. The highest BCUT2D eigenvalue weighted by atomic mass is 32.2. The van der Waals surface area contributed by atoms with Crippen LogP contribution in [0.15, 0.2) is 87.5 Å². The number of thiol groups is 1. The summed E-state index contributed by atoms with van der Waals surface area (Å²) in [6.07, 6.45) is -4.92. The molecule has 3 aromatic carbocycles. The van der Waals surface area contributed by atoms with Gasteiger partial charge < -0.3 is 10.0 Å². The lowest BCUT2D eigenvalue weighted by Crippen LogP contribution is -2.58. The Morgan fingerprint density at radius 2 is 1.56 bits per heavy atom. The second-order valence-electron chi connectivity index (χ2n) is 9.60. The molecule has 8 nitrogen and oxygen atoms in total. The first-order valence-electron chi connectivity index (χ1n) is 12.2. The van der Waals surface area contributed by atoms with Gasteiger partial charge in [0.2, 0.25) is 20.0 Å². The number of sulfonamides is 2. The molecule has 2 atom stereocenters. The van der Waals surface area contributed by atoms with Crippen molar-refractivity contribution in [2.75, 3.05) is 31.1 Å². The van der Waals surface area contributed by atoms with Gasteiger partial charge in [-0.05, 0) is 61.0 Å². The molecular formula is C26H27F4N3O5S3. The lowest BCUT2D eigenvalue weighted by Gasteiger charge is -2.42. The van der Waals surface area contributed by atoms with Crippen LogP contribution in [-0.4, -0.2) is 64.6 Å². The molecule has 2 N–H and O–H groups in total. The van der Waals surface area contributed by atoms with E-state index in [2.05, 4.69) is 17.4 Å². The van der Waals surface area contributed by atoms with Crippen LogP contribution < -0.4 is 9.62 Å². The van der Waals surface area contributed by atoms with Crippen LogP contribution in [0.4, 0.5) is 23.2 Å². The second kappa shape index (κ2) is 11.5. The number of halogens is 4. The van der Waals surface area contributed by atoms with Crippen LogP contribution in [0, 0.1) is 5.82 Å². The molecule has 0 aliphatic carbocycles. The summed E-state index contributed by atoms with van der Waals surface area (Å²) in [6.45, 7) is 0.256. The van der Waals surface area contributed by atoms with Gasteiger partial charge in [-0.15, -0.1) is 12.6 Å². The number of piperazine rings is 1. The largest absolute Gasteiger partial charge is 0.421 e. The van der Waals surface area contributed by atoms with Crippen LogP contribution >= 0.6 is 12.6 Å². The average Bonchev–Trinajstić information content (AvgIpc) is 2.91. The van der Waals surface area contributed by atoms with Crippen LogP contribution in [0.3, 0.4) is 0 Å². The second-order valence-corrected chi connectivity index (χ2v) is 13.8. The highest BCUT2D eigenvalue weighted by Gasteiger charge is 2.51. The molecule has 1 heterocycles. The quantitative estimate of drug-likeness (QED) is 0.258. The van der Waals surface area contributed by atoms with Crippen molar-refractivity contribution in [2.45, 2.75) is 39.4 Å². The van der Waals surface area contributed by atoms with Crippen LogP contribution in [0.2, 0.25) is 0 Å². The van der Waals surface area contributed by atoms with Gasteiger partial charge in [0.25, 0.3) is 0 Å². The van der Waals surface area contributed by atoms with Crippen molar-refractivity contribution < 1.29 is 39.5 Å². The Hall–Kier alpha value is -2.69. The van der Waals surface area contributed by atoms with Gasteiger partial charge in [0.15, 0.2) is 5.60 Å². The number of hydrogen-bond acceptors (Lipinski definition) is 7. The van der Waals surface area contributed by atoms with Crippen molar-refractivity contribution >= 4 is 38.4 Å². The molecule has 1 saturated heterocycles. The molecule has 0 spiro atoms. The lowest BCUT2D eigenvalue weighted by atomic mass is 9.95. The number of benzene rings is 3. The van der Waals surface area contributed by atoms with Gasteiger partial charge in [-0.1, -0.05) is 24.3 Å². The van der Waals surface area contributed by atoms with Gasteiger partial charge in [0.1, 0.15) is 5.82 Å². The Labute approximate surface area is 241 Å². The maximum Gasteiger partial charge on any atom is 0.421 e. The van der Waals surface area contributed by atoms with E-state index < -0.39 is 49.2 Å². The molecule has 0 aromatic heterocycles. The molecule has 4 rings (SSSR count). The maximum absolute atomic E-state index is 13.5. The van der Waals surface area contributed by atoms with E-state index in [0.29, 0.717) is 12.6 Å². The molecule has 15 heteroatoms. The summed E-state index contributed by atoms with van der Waals surface area (Å²) in [6, 6.07) is 14.4. The van der Waals surface area contributed by atoms with E-state index in [4.69, 9.17) is 0 Å². The fourth-order valence-corrected chi connectivity index (χ4v) is 7.55. The van der Waals surface area contributed by atoms with Crippen LogP contribution in [-0.2, 0) is 25.6 Å². The van der Waals surface area contributed by atoms with Gasteiger partial charge >= 0.3 is 6.18 Å². The molecule has 222 valence electrons. The Balaban J connectivity index is 1.64. The number of anilines is 1. The highest BCUT2D eigenvalue weighted by molar-refractivity contribution is 7.90. The summed E-state index contributed by atoms with van der Waals surface area (Å²) < 4.78 is 110. The zero-order valence-electron chi connectivity index (χ0n) is 21.6. The standard InChI is InChI=1S/C26H27F4N3O5S3/c1-25(34,26(28,29)30)18-6-10-20(11-7-18)33-15-14-32(41(37,38)24-5-3-2-4-23(24)39)17-21(33)16-31-40(35,36)22-12-8-19(27)9-13-22/h2-13,21,31,34,39H,14-17H2,1H3/t21-,25?/m0/s1. The minimum Gasteiger partial charge on any atom is -0.376 e. The summed E-state index contributed by atoms with van der Waals surface area (Å²) in [7, 11) is -8.15. The van der Waals surface area contributed by atoms with Crippen molar-refractivity contribution in [3.05, 3.63) is 84.2 Å². The molecule has 0 bridgehead atoms. The smallest absolute Gasteiger partial charge is 0.376 e. The summed E-state index contributed by atoms with van der Waals surface area (Å²) >= 11 is 4.25. The van der Waals surface area contributed by atoms with E-state index in [-0.39, 0.29) is 40.9 Å². The minimum absolute atomic E-state index is 0.00627. The first-order valence-corrected chi connectivity index (χ1v) is 15.6. The third-order valence-electron chi connectivity index (χ3n) is 6.87. The van der Waals surface area contributed by atoms with Crippen LogP contribution in [0.1, 0.15) is 12.5 Å². The maximum atomic E-state index is 13.5. The molecule has 1 aliphatic heterocycles. The number of nitrogens with zero attached hydrogens (tertiary/aromatic N) is 2. The van der Waals surface area contributed by atoms with Gasteiger partial charge in [-0.3, -0.25) is 0 Å². The highest BCUT2D eigenvalue weighted by Crippen LogP contribution is 2.39. The van der Waals surface area contributed by atoms with Crippen molar-refractivity contribution in [1.29, 1.82) is 0 Å². The van der Waals surface area contributed by atoms with Crippen molar-refractivity contribution in [1.82, 2.24) is 9.03 Å². The third kappa shape index (κ3) is 6.54. The Morgan fingerprint density at radius 1 is 0.951 bits per heavy atom. The molecule has 0 amide bonds. The fourth-order valence-electron chi connectivity index (χ4n) is 4.42. The van der Waals surface area contributed by atoms with Crippen molar-refractivity contribution in [3.8, 4) is 0 Å². The minimum atomic E-state index is -4.92. The summed E-state index contributed by atoms with van der Waals surface area (Å²) in [5.41, 5.74) is -3.10. The van der Waals surface area contributed by atoms with Crippen molar-refractivity contribution in [2.24, 2.45) is 0 Å². The number of rotatable bonds is 8. The van der Waals surface area contributed by atoms with E-state index in [1.54, 1.807) is 17.0 Å². The predicted octanol–water partition coefficient (Wildman–Crippen LogP) is 3.74. The fraction of sp³-hybridized carbons (Fsp3) is 0.308. The number of hydrogen-bond donors (Lipinski definition) is 3. The summed E-state index contributed by atoms with van der Waals surface area (Å²) in [5, 5.41) is 10.0. The average molecular weight is 634 g/mol. The van der Waals surface area contributed by atoms with Crippen LogP contribution in [0.5, 0.6) is 0 Å². The monoisotopic (exact) mass is 633 g/mol. The zero-order chi connectivity index (χ0) is 30.2. The summed E-state index contributed by atoms with van der Waals surface area (Å²) in [5.74, 6) is -0.624. The van der Waals surface area contributed by atoms with E-state index >= 15 is 0 Å². The first kappa shape index (κ1) is 31.3. The SMILES string of the molecule is CC(O)(c1ccc(N2CCN(S(=O)(=O)c3ccccc3S)C[C@@H]2CNS(=O)(=O)c2ccc(F)cc2)cc1)C(F)(F)F. The zero-order valence-corrected chi connectivity index (χ0v) is 24.1. The Morgan fingerprint density at radius 3 is 2.15 bits per heavy atom. The van der Waals surface area contributed by atoms with Gasteiger partial charge in [-0.2, -0.15) is 17.5 Å². The Bertz CT molecular complexity index is 1600. The molecule has 0 saturated carbocycles.